The molecular formula is C17H27NO2S. The first kappa shape index (κ1) is 16.5. The van der Waals surface area contributed by atoms with Crippen LogP contribution >= 0.6 is 0 Å². The molecule has 2 rings (SSSR count). The van der Waals surface area contributed by atoms with Crippen molar-refractivity contribution in [2.24, 2.45) is 11.3 Å². The van der Waals surface area contributed by atoms with Crippen LogP contribution in [0, 0.1) is 18.3 Å². The van der Waals surface area contributed by atoms with Crippen LogP contribution in [0.3, 0.4) is 0 Å². The molecule has 0 bridgehead atoms. The van der Waals surface area contributed by atoms with Crippen molar-refractivity contribution in [3.8, 4) is 0 Å². The molecule has 1 fully saturated rings. The minimum Gasteiger partial charge on any atom is -0.208 e. The Balaban J connectivity index is 2.25. The molecule has 1 aromatic carbocycles. The van der Waals surface area contributed by atoms with E-state index in [-0.39, 0.29) is 11.5 Å². The van der Waals surface area contributed by atoms with Crippen molar-refractivity contribution < 1.29 is 8.42 Å². The molecule has 21 heavy (non-hydrogen) atoms. The van der Waals surface area contributed by atoms with Crippen LogP contribution in [0.1, 0.15) is 52.0 Å². The second-order valence-electron chi connectivity index (χ2n) is 7.25. The van der Waals surface area contributed by atoms with Gasteiger partial charge in [0.1, 0.15) is 0 Å². The van der Waals surface area contributed by atoms with Crippen LogP contribution in [0.2, 0.25) is 0 Å². The smallest absolute Gasteiger partial charge is 0.208 e. The third-order valence-electron chi connectivity index (χ3n) is 4.57. The lowest BCUT2D eigenvalue weighted by molar-refractivity contribution is 0.144. The molecule has 118 valence electrons. The molecule has 0 amide bonds. The summed E-state index contributed by atoms with van der Waals surface area (Å²) in [7, 11) is -3.43. The van der Waals surface area contributed by atoms with E-state index in [1.54, 1.807) is 12.1 Å². The highest BCUT2D eigenvalue weighted by atomic mass is 32.2. The molecule has 4 heteroatoms. The standard InChI is InChI=1S/C17H27NO2S/c1-13-9-5-8-12-16(13)21(19,20)18-15-11-7-6-10-14(15)17(2,3)4/h5,8-9,12,14-15,18H,6-7,10-11H2,1-4H3. The van der Waals surface area contributed by atoms with Gasteiger partial charge in [-0.2, -0.15) is 0 Å². The predicted octanol–water partition coefficient (Wildman–Crippen LogP) is 3.88. The van der Waals surface area contributed by atoms with Gasteiger partial charge in [-0.05, 0) is 42.7 Å². The SMILES string of the molecule is Cc1ccccc1S(=O)(=O)NC1CCCCC1C(C)(C)C. The number of hydrogen-bond donors (Lipinski definition) is 1. The van der Waals surface area contributed by atoms with E-state index in [0.717, 1.165) is 24.8 Å². The van der Waals surface area contributed by atoms with Gasteiger partial charge < -0.3 is 0 Å². The van der Waals surface area contributed by atoms with Crippen LogP contribution in [0.15, 0.2) is 29.2 Å². The summed E-state index contributed by atoms with van der Waals surface area (Å²) in [5, 5.41) is 0. The van der Waals surface area contributed by atoms with Gasteiger partial charge >= 0.3 is 0 Å². The maximum absolute atomic E-state index is 12.7. The van der Waals surface area contributed by atoms with Crippen molar-refractivity contribution in [1.82, 2.24) is 4.72 Å². The molecule has 1 N–H and O–H groups in total. The molecule has 1 aromatic rings. The molecule has 1 saturated carbocycles. The summed E-state index contributed by atoms with van der Waals surface area (Å²) in [6, 6.07) is 7.23. The molecule has 3 nitrogen and oxygen atoms in total. The van der Waals surface area contributed by atoms with E-state index < -0.39 is 10.0 Å². The van der Waals surface area contributed by atoms with E-state index in [0.29, 0.717) is 10.8 Å². The molecule has 0 aromatic heterocycles. The highest BCUT2D eigenvalue weighted by Crippen LogP contribution is 2.38. The monoisotopic (exact) mass is 309 g/mol. The summed E-state index contributed by atoms with van der Waals surface area (Å²) in [5.41, 5.74) is 0.924. The number of benzene rings is 1. The number of aryl methyl sites for hydroxylation is 1. The van der Waals surface area contributed by atoms with Crippen molar-refractivity contribution in [3.05, 3.63) is 29.8 Å². The first-order chi connectivity index (χ1) is 9.72. The van der Waals surface area contributed by atoms with Gasteiger partial charge in [0.05, 0.1) is 4.90 Å². The molecule has 0 saturated heterocycles. The maximum atomic E-state index is 12.7. The van der Waals surface area contributed by atoms with Crippen LogP contribution in [0.25, 0.3) is 0 Å². The first-order valence-corrected chi connectivity index (χ1v) is 9.28. The molecule has 0 aliphatic heterocycles. The van der Waals surface area contributed by atoms with Gasteiger partial charge in [0.2, 0.25) is 10.0 Å². The maximum Gasteiger partial charge on any atom is 0.241 e. The summed E-state index contributed by atoms with van der Waals surface area (Å²) >= 11 is 0. The fraction of sp³-hybridized carbons (Fsp3) is 0.647. The molecule has 2 unspecified atom stereocenters. The second-order valence-corrected chi connectivity index (χ2v) is 8.93. The minimum atomic E-state index is -3.43. The normalized spacial score (nSPS) is 24.0. The third-order valence-corrected chi connectivity index (χ3v) is 6.22. The summed E-state index contributed by atoms with van der Waals surface area (Å²) in [4.78, 5) is 0.406. The molecule has 0 spiro atoms. The molecule has 1 aliphatic carbocycles. The van der Waals surface area contributed by atoms with Crippen molar-refractivity contribution >= 4 is 10.0 Å². The topological polar surface area (TPSA) is 46.2 Å². The van der Waals surface area contributed by atoms with Crippen LogP contribution < -0.4 is 4.72 Å². The van der Waals surface area contributed by atoms with Gasteiger partial charge in [-0.3, -0.25) is 0 Å². The van der Waals surface area contributed by atoms with E-state index in [1.807, 2.05) is 19.1 Å². The summed E-state index contributed by atoms with van der Waals surface area (Å²) in [6.07, 6.45) is 4.34. The quantitative estimate of drug-likeness (QED) is 0.921. The van der Waals surface area contributed by atoms with Crippen LogP contribution in [-0.2, 0) is 10.0 Å². The van der Waals surface area contributed by atoms with Crippen molar-refractivity contribution in [1.29, 1.82) is 0 Å². The average Bonchev–Trinajstić information content (AvgIpc) is 2.38. The van der Waals surface area contributed by atoms with Gasteiger partial charge in [0.15, 0.2) is 0 Å². The summed E-state index contributed by atoms with van der Waals surface area (Å²) in [5.74, 6) is 0.394. The Labute approximate surface area is 129 Å². The van der Waals surface area contributed by atoms with Crippen molar-refractivity contribution in [2.45, 2.75) is 64.3 Å². The van der Waals surface area contributed by atoms with Crippen molar-refractivity contribution in [2.75, 3.05) is 0 Å². The Morgan fingerprint density at radius 3 is 2.33 bits per heavy atom. The lowest BCUT2D eigenvalue weighted by Gasteiger charge is -2.40. The fourth-order valence-corrected chi connectivity index (χ4v) is 4.99. The highest BCUT2D eigenvalue weighted by molar-refractivity contribution is 7.89. The zero-order valence-corrected chi connectivity index (χ0v) is 14.3. The number of rotatable bonds is 3. The molecule has 0 radical (unpaired) electrons. The second kappa shape index (κ2) is 6.09. The fourth-order valence-electron chi connectivity index (χ4n) is 3.43. The van der Waals surface area contributed by atoms with Gasteiger partial charge in [0.25, 0.3) is 0 Å². The lowest BCUT2D eigenvalue weighted by atomic mass is 9.70. The Morgan fingerprint density at radius 2 is 1.71 bits per heavy atom. The molecule has 2 atom stereocenters. The van der Waals surface area contributed by atoms with E-state index in [2.05, 4.69) is 25.5 Å². The predicted molar refractivity (Wildman–Crippen MR) is 86.7 cm³/mol. The largest absolute Gasteiger partial charge is 0.241 e. The Hall–Kier alpha value is -0.870. The first-order valence-electron chi connectivity index (χ1n) is 7.80. The van der Waals surface area contributed by atoms with Gasteiger partial charge in [-0.25, -0.2) is 13.1 Å². The Morgan fingerprint density at radius 1 is 1.10 bits per heavy atom. The van der Waals surface area contributed by atoms with E-state index in [1.165, 1.54) is 6.42 Å². The van der Waals surface area contributed by atoms with Crippen LogP contribution in [0.4, 0.5) is 0 Å². The third kappa shape index (κ3) is 3.86. The zero-order chi connectivity index (χ0) is 15.7. The molecular weight excluding hydrogens is 282 g/mol. The Kier molecular flexibility index (Phi) is 4.79. The van der Waals surface area contributed by atoms with E-state index in [4.69, 9.17) is 0 Å². The molecule has 0 heterocycles. The Bertz CT molecular complexity index is 587. The van der Waals surface area contributed by atoms with E-state index >= 15 is 0 Å². The number of hydrogen-bond acceptors (Lipinski definition) is 2. The summed E-state index contributed by atoms with van der Waals surface area (Å²) in [6.45, 7) is 8.46. The van der Waals surface area contributed by atoms with E-state index in [9.17, 15) is 8.42 Å². The number of nitrogens with one attached hydrogen (secondary N) is 1. The van der Waals surface area contributed by atoms with Gasteiger partial charge in [-0.1, -0.05) is 51.8 Å². The van der Waals surface area contributed by atoms with Crippen molar-refractivity contribution in [3.63, 3.8) is 0 Å². The van der Waals surface area contributed by atoms with Crippen LogP contribution in [-0.4, -0.2) is 14.5 Å². The zero-order valence-electron chi connectivity index (χ0n) is 13.5. The van der Waals surface area contributed by atoms with Crippen LogP contribution in [0.5, 0.6) is 0 Å². The number of sulfonamides is 1. The average molecular weight is 309 g/mol. The highest BCUT2D eigenvalue weighted by Gasteiger charge is 2.36. The summed E-state index contributed by atoms with van der Waals surface area (Å²) < 4.78 is 28.3. The molecule has 1 aliphatic rings. The van der Waals surface area contributed by atoms with Gasteiger partial charge in [0, 0.05) is 6.04 Å². The lowest BCUT2D eigenvalue weighted by Crippen LogP contribution is -2.46. The van der Waals surface area contributed by atoms with Gasteiger partial charge in [-0.15, -0.1) is 0 Å². The minimum absolute atomic E-state index is 0.0448.